The minimum absolute atomic E-state index is 0.00102. The van der Waals surface area contributed by atoms with Gasteiger partial charge in [-0.2, -0.15) is 5.10 Å². The van der Waals surface area contributed by atoms with Crippen molar-refractivity contribution < 1.29 is 19.7 Å². The Morgan fingerprint density at radius 1 is 1.62 bits per heavy atom. The summed E-state index contributed by atoms with van der Waals surface area (Å²) in [6.45, 7) is -0.200. The quantitative estimate of drug-likeness (QED) is 0.658. The van der Waals surface area contributed by atoms with Gasteiger partial charge in [0, 0.05) is 0 Å². The van der Waals surface area contributed by atoms with E-state index in [4.69, 9.17) is 14.9 Å². The Bertz CT molecular complexity index is 302. The lowest BCUT2D eigenvalue weighted by Gasteiger charge is -2.03. The van der Waals surface area contributed by atoms with E-state index in [1.165, 1.54) is 12.3 Å². The van der Waals surface area contributed by atoms with E-state index in [0.717, 1.165) is 0 Å². The number of rotatable bonds is 4. The van der Waals surface area contributed by atoms with Crippen molar-refractivity contribution >= 4 is 5.97 Å². The van der Waals surface area contributed by atoms with E-state index in [1.54, 1.807) is 0 Å². The van der Waals surface area contributed by atoms with Crippen molar-refractivity contribution in [3.8, 4) is 5.88 Å². The molecular weight excluding hydrogens is 176 g/mol. The highest BCUT2D eigenvalue weighted by Gasteiger charge is 2.11. The fourth-order valence-electron chi connectivity index (χ4n) is 0.730. The zero-order chi connectivity index (χ0) is 9.68. The molecule has 0 spiro atoms. The van der Waals surface area contributed by atoms with Crippen LogP contribution in [0.15, 0.2) is 12.3 Å². The second-order valence-corrected chi connectivity index (χ2v) is 2.13. The Morgan fingerprint density at radius 2 is 2.38 bits per heavy atom. The van der Waals surface area contributed by atoms with Crippen molar-refractivity contribution in [2.45, 2.75) is 0 Å². The Hall–Kier alpha value is -1.69. The maximum atomic E-state index is 10.6. The van der Waals surface area contributed by atoms with Gasteiger partial charge in [-0.1, -0.05) is 0 Å². The first kappa shape index (κ1) is 9.40. The summed E-state index contributed by atoms with van der Waals surface area (Å²) in [7, 11) is 0. The highest BCUT2D eigenvalue weighted by molar-refractivity contribution is 5.89. The number of carboxylic acid groups (broad SMARTS) is 1. The van der Waals surface area contributed by atoms with Gasteiger partial charge in [0.05, 0.1) is 12.8 Å². The molecular formula is C7H8N2O4. The number of aromatic nitrogens is 2. The van der Waals surface area contributed by atoms with E-state index in [2.05, 4.69) is 10.2 Å². The van der Waals surface area contributed by atoms with Crippen LogP contribution in [0.5, 0.6) is 5.88 Å². The minimum atomic E-state index is -1.14. The van der Waals surface area contributed by atoms with Gasteiger partial charge in [-0.3, -0.25) is 0 Å². The number of carboxylic acids is 1. The van der Waals surface area contributed by atoms with Crippen LogP contribution in [0.3, 0.4) is 0 Å². The van der Waals surface area contributed by atoms with Crippen LogP contribution in [0.2, 0.25) is 0 Å². The fourth-order valence-corrected chi connectivity index (χ4v) is 0.730. The molecule has 6 nitrogen and oxygen atoms in total. The molecule has 70 valence electrons. The van der Waals surface area contributed by atoms with Gasteiger partial charge < -0.3 is 14.9 Å². The van der Waals surface area contributed by atoms with Gasteiger partial charge in [0.1, 0.15) is 12.2 Å². The first-order valence-corrected chi connectivity index (χ1v) is 3.54. The Balaban J connectivity index is 2.84. The third-order valence-electron chi connectivity index (χ3n) is 1.25. The molecule has 0 radical (unpaired) electrons. The largest absolute Gasteiger partial charge is 0.477 e. The van der Waals surface area contributed by atoms with Crippen LogP contribution in [0, 0.1) is 0 Å². The summed E-state index contributed by atoms with van der Waals surface area (Å²) in [5.74, 6) is -1.22. The van der Waals surface area contributed by atoms with Crippen LogP contribution >= 0.6 is 0 Å². The van der Waals surface area contributed by atoms with Crippen molar-refractivity contribution in [3.63, 3.8) is 0 Å². The van der Waals surface area contributed by atoms with E-state index >= 15 is 0 Å². The maximum Gasteiger partial charge on any atom is 0.341 e. The number of aliphatic hydroxyl groups is 1. The molecule has 0 unspecified atom stereocenters. The molecule has 1 aromatic heterocycles. The summed E-state index contributed by atoms with van der Waals surface area (Å²) < 4.78 is 4.84. The zero-order valence-corrected chi connectivity index (χ0v) is 6.67. The molecule has 13 heavy (non-hydrogen) atoms. The molecule has 0 aromatic carbocycles. The number of hydrogen-bond donors (Lipinski definition) is 2. The van der Waals surface area contributed by atoms with Crippen LogP contribution in [0.25, 0.3) is 0 Å². The third-order valence-corrected chi connectivity index (χ3v) is 1.25. The predicted molar refractivity (Wildman–Crippen MR) is 41.6 cm³/mol. The Kier molecular flexibility index (Phi) is 3.15. The molecule has 6 heteroatoms. The van der Waals surface area contributed by atoms with Crippen molar-refractivity contribution in [3.05, 3.63) is 17.8 Å². The van der Waals surface area contributed by atoms with Crippen LogP contribution in [-0.4, -0.2) is 39.6 Å². The average molecular weight is 184 g/mol. The monoisotopic (exact) mass is 184 g/mol. The molecule has 0 aliphatic rings. The Labute approximate surface area is 73.8 Å². The number of nitrogens with zero attached hydrogens (tertiary/aromatic N) is 2. The smallest absolute Gasteiger partial charge is 0.341 e. The standard InChI is InChI=1S/C7H8N2O4/c10-3-4-13-6-5(7(11)12)1-2-8-9-6/h1-2,10H,3-4H2,(H,11,12). The van der Waals surface area contributed by atoms with Crippen LogP contribution in [0.1, 0.15) is 10.4 Å². The van der Waals surface area contributed by atoms with E-state index in [-0.39, 0.29) is 24.7 Å². The first-order valence-electron chi connectivity index (χ1n) is 3.54. The molecule has 0 saturated carbocycles. The second-order valence-electron chi connectivity index (χ2n) is 2.13. The molecule has 0 amide bonds. The molecule has 1 rings (SSSR count). The molecule has 0 aliphatic carbocycles. The third kappa shape index (κ3) is 2.38. The molecule has 1 heterocycles. The summed E-state index contributed by atoms with van der Waals surface area (Å²) in [4.78, 5) is 10.6. The van der Waals surface area contributed by atoms with Gasteiger partial charge in [-0.15, -0.1) is 5.10 Å². The molecule has 0 bridgehead atoms. The van der Waals surface area contributed by atoms with Gasteiger partial charge in [0.2, 0.25) is 5.88 Å². The van der Waals surface area contributed by atoms with Crippen LogP contribution < -0.4 is 4.74 Å². The highest BCUT2D eigenvalue weighted by atomic mass is 16.5. The summed E-state index contributed by atoms with van der Waals surface area (Å²) >= 11 is 0. The molecule has 0 fully saturated rings. The van der Waals surface area contributed by atoms with Crippen molar-refractivity contribution in [1.82, 2.24) is 10.2 Å². The number of aliphatic hydroxyl groups excluding tert-OH is 1. The van der Waals surface area contributed by atoms with Crippen LogP contribution in [0.4, 0.5) is 0 Å². The summed E-state index contributed by atoms with van der Waals surface area (Å²) in [6, 6.07) is 1.28. The topological polar surface area (TPSA) is 92.5 Å². The number of hydrogen-bond acceptors (Lipinski definition) is 5. The maximum absolute atomic E-state index is 10.6. The minimum Gasteiger partial charge on any atom is -0.477 e. The van der Waals surface area contributed by atoms with Crippen molar-refractivity contribution in [2.75, 3.05) is 13.2 Å². The SMILES string of the molecule is O=C(O)c1ccnnc1OCCO. The zero-order valence-electron chi connectivity index (χ0n) is 6.67. The molecule has 0 atom stereocenters. The molecule has 0 saturated heterocycles. The van der Waals surface area contributed by atoms with Crippen molar-refractivity contribution in [1.29, 1.82) is 0 Å². The van der Waals surface area contributed by atoms with Crippen LogP contribution in [-0.2, 0) is 0 Å². The van der Waals surface area contributed by atoms with Gasteiger partial charge in [0.25, 0.3) is 0 Å². The molecule has 2 N–H and O–H groups in total. The summed E-state index contributed by atoms with van der Waals surface area (Å²) in [6.07, 6.45) is 1.26. The van der Waals surface area contributed by atoms with E-state index in [9.17, 15) is 4.79 Å². The average Bonchev–Trinajstić information content (AvgIpc) is 2.15. The van der Waals surface area contributed by atoms with E-state index in [0.29, 0.717) is 0 Å². The summed E-state index contributed by atoms with van der Waals surface area (Å²) in [5, 5.41) is 24.0. The lowest BCUT2D eigenvalue weighted by Crippen LogP contribution is -2.09. The van der Waals surface area contributed by atoms with E-state index < -0.39 is 5.97 Å². The Morgan fingerprint density at radius 3 is 3.00 bits per heavy atom. The predicted octanol–water partition coefficient (Wildman–Crippen LogP) is -0.454. The molecule has 1 aromatic rings. The van der Waals surface area contributed by atoms with Gasteiger partial charge >= 0.3 is 5.97 Å². The summed E-state index contributed by atoms with van der Waals surface area (Å²) in [5.41, 5.74) is -0.0662. The van der Waals surface area contributed by atoms with Gasteiger partial charge in [0.15, 0.2) is 0 Å². The lowest BCUT2D eigenvalue weighted by molar-refractivity contribution is 0.0689. The number of aromatic carboxylic acids is 1. The van der Waals surface area contributed by atoms with Crippen molar-refractivity contribution in [2.24, 2.45) is 0 Å². The van der Waals surface area contributed by atoms with E-state index in [1.807, 2.05) is 0 Å². The van der Waals surface area contributed by atoms with Gasteiger partial charge in [-0.25, -0.2) is 4.79 Å². The normalized spacial score (nSPS) is 9.62. The first-order chi connectivity index (χ1) is 6.25. The molecule has 0 aliphatic heterocycles. The fraction of sp³-hybridized carbons (Fsp3) is 0.286. The second kappa shape index (κ2) is 4.36. The number of carbonyl (C=O) groups is 1. The number of ether oxygens (including phenoxy) is 1. The lowest BCUT2D eigenvalue weighted by atomic mass is 10.3. The highest BCUT2D eigenvalue weighted by Crippen LogP contribution is 2.12. The van der Waals surface area contributed by atoms with Gasteiger partial charge in [-0.05, 0) is 6.07 Å².